The largest absolute Gasteiger partial charge is 0.381 e. The molecule has 0 unspecified atom stereocenters. The molecule has 1 radical (unpaired) electrons. The molecule has 0 aliphatic rings. The normalized spacial score (nSPS) is 11.1. The van der Waals surface area contributed by atoms with Gasteiger partial charge in [-0.3, -0.25) is 0 Å². The van der Waals surface area contributed by atoms with Crippen molar-refractivity contribution in [2.24, 2.45) is 5.92 Å². The molecule has 0 bridgehead atoms. The lowest BCUT2D eigenvalue weighted by Crippen LogP contribution is -2.03. The molecule has 0 spiro atoms. The van der Waals surface area contributed by atoms with E-state index in [2.05, 4.69) is 18.6 Å². The second-order valence-electron chi connectivity index (χ2n) is 3.56. The number of hydrogen-bond donors (Lipinski definition) is 0. The van der Waals surface area contributed by atoms with Crippen LogP contribution in [-0.2, 0) is 14.6 Å². The van der Waals surface area contributed by atoms with Crippen LogP contribution in [0.15, 0.2) is 0 Å². The fourth-order valence-electron chi connectivity index (χ4n) is 0.963. The van der Waals surface area contributed by atoms with Gasteiger partial charge in [-0.1, -0.05) is 13.8 Å². The molecule has 3 heteroatoms. The van der Waals surface area contributed by atoms with Crippen LogP contribution >= 0.6 is 0 Å². The first-order valence-electron chi connectivity index (χ1n) is 5.01. The quantitative estimate of drug-likeness (QED) is 0.412. The highest BCUT2D eigenvalue weighted by atomic mass is 16.6. The summed E-state index contributed by atoms with van der Waals surface area (Å²) in [5, 5.41) is 9.89. The average molecular weight is 189 g/mol. The van der Waals surface area contributed by atoms with E-state index < -0.39 is 6.79 Å². The number of ether oxygens (including phenoxy) is 2. The maximum atomic E-state index is 9.89. The summed E-state index contributed by atoms with van der Waals surface area (Å²) in [5.41, 5.74) is 0. The van der Waals surface area contributed by atoms with Crippen LogP contribution in [0.2, 0.25) is 0 Å². The van der Waals surface area contributed by atoms with Gasteiger partial charge >= 0.3 is 0 Å². The molecule has 0 aromatic rings. The molecule has 0 aliphatic heterocycles. The molecule has 79 valence electrons. The van der Waals surface area contributed by atoms with Crippen molar-refractivity contribution in [2.45, 2.75) is 33.1 Å². The maximum absolute atomic E-state index is 9.89. The highest BCUT2D eigenvalue weighted by Gasteiger charge is 1.94. The summed E-state index contributed by atoms with van der Waals surface area (Å²) in [4.78, 5) is 0. The second-order valence-corrected chi connectivity index (χ2v) is 3.56. The van der Waals surface area contributed by atoms with Gasteiger partial charge in [-0.05, 0) is 25.2 Å². The maximum Gasteiger partial charge on any atom is 0.180 e. The van der Waals surface area contributed by atoms with E-state index >= 15 is 0 Å². The van der Waals surface area contributed by atoms with Gasteiger partial charge in [0.05, 0.1) is 0 Å². The van der Waals surface area contributed by atoms with Gasteiger partial charge < -0.3 is 9.47 Å². The minimum absolute atomic E-state index is 0.413. The Hall–Kier alpha value is -0.120. The van der Waals surface area contributed by atoms with E-state index in [1.165, 1.54) is 0 Å². The summed E-state index contributed by atoms with van der Waals surface area (Å²) in [6, 6.07) is 0. The minimum Gasteiger partial charge on any atom is -0.381 e. The van der Waals surface area contributed by atoms with Crippen molar-refractivity contribution in [3.63, 3.8) is 0 Å². The molecule has 0 N–H and O–H groups in total. The standard InChI is InChI=1S/C10H21O3/c1-10(2)8-12-6-4-3-5-7-13-9-11/h10H,3-9H2,1-2H3. The molecule has 0 aliphatic carbocycles. The van der Waals surface area contributed by atoms with Crippen LogP contribution in [0.25, 0.3) is 0 Å². The molecule has 0 fully saturated rings. The Balaban J connectivity index is 2.84. The van der Waals surface area contributed by atoms with Crippen LogP contribution in [0.1, 0.15) is 33.1 Å². The highest BCUT2D eigenvalue weighted by Crippen LogP contribution is 1.98. The van der Waals surface area contributed by atoms with E-state index in [4.69, 9.17) is 4.74 Å². The predicted octanol–water partition coefficient (Wildman–Crippen LogP) is 2.23. The second kappa shape index (κ2) is 9.96. The number of rotatable bonds is 9. The zero-order valence-corrected chi connectivity index (χ0v) is 8.75. The molecule has 0 saturated heterocycles. The third-order valence-electron chi connectivity index (χ3n) is 1.61. The molecule has 0 atom stereocenters. The topological polar surface area (TPSA) is 38.4 Å². The minimum atomic E-state index is -0.413. The number of hydrogen-bond acceptors (Lipinski definition) is 2. The first-order valence-corrected chi connectivity index (χ1v) is 5.01. The Morgan fingerprint density at radius 1 is 1.00 bits per heavy atom. The Labute approximate surface area is 81.0 Å². The molecule has 3 nitrogen and oxygen atoms in total. The van der Waals surface area contributed by atoms with Crippen molar-refractivity contribution < 1.29 is 14.6 Å². The van der Waals surface area contributed by atoms with Gasteiger partial charge in [-0.25, -0.2) is 5.11 Å². The van der Waals surface area contributed by atoms with E-state index in [0.29, 0.717) is 12.5 Å². The van der Waals surface area contributed by atoms with Gasteiger partial charge in [0.25, 0.3) is 0 Å². The lowest BCUT2D eigenvalue weighted by molar-refractivity contribution is -0.0449. The van der Waals surface area contributed by atoms with Crippen LogP contribution in [-0.4, -0.2) is 26.6 Å². The lowest BCUT2D eigenvalue weighted by atomic mass is 10.2. The molecule has 0 saturated carbocycles. The van der Waals surface area contributed by atoms with Gasteiger partial charge in [-0.2, -0.15) is 0 Å². The van der Waals surface area contributed by atoms with E-state index in [9.17, 15) is 5.11 Å². The lowest BCUT2D eigenvalue weighted by Gasteiger charge is -2.06. The molecular formula is C10H21O3. The highest BCUT2D eigenvalue weighted by molar-refractivity contribution is 4.42. The van der Waals surface area contributed by atoms with Gasteiger partial charge in [0.15, 0.2) is 6.79 Å². The van der Waals surface area contributed by atoms with Gasteiger partial charge in [0.2, 0.25) is 0 Å². The van der Waals surface area contributed by atoms with Crippen molar-refractivity contribution >= 4 is 0 Å². The van der Waals surface area contributed by atoms with Crippen LogP contribution in [0.4, 0.5) is 0 Å². The van der Waals surface area contributed by atoms with Gasteiger partial charge in [0.1, 0.15) is 0 Å². The average Bonchev–Trinajstić information content (AvgIpc) is 2.09. The summed E-state index contributed by atoms with van der Waals surface area (Å²) in [6.07, 6.45) is 3.11. The summed E-state index contributed by atoms with van der Waals surface area (Å²) < 4.78 is 10.1. The molecule has 0 amide bonds. The van der Waals surface area contributed by atoms with Gasteiger partial charge in [-0.15, -0.1) is 0 Å². The van der Waals surface area contributed by atoms with Crippen molar-refractivity contribution in [2.75, 3.05) is 26.6 Å². The van der Waals surface area contributed by atoms with Crippen LogP contribution in [0.5, 0.6) is 0 Å². The smallest absolute Gasteiger partial charge is 0.180 e. The van der Waals surface area contributed by atoms with E-state index in [-0.39, 0.29) is 0 Å². The van der Waals surface area contributed by atoms with Crippen molar-refractivity contribution in [3.05, 3.63) is 0 Å². The molecular weight excluding hydrogens is 168 g/mol. The van der Waals surface area contributed by atoms with E-state index in [0.717, 1.165) is 32.5 Å². The molecule has 0 aromatic carbocycles. The van der Waals surface area contributed by atoms with Crippen LogP contribution in [0.3, 0.4) is 0 Å². The SMILES string of the molecule is CC(C)COCCCCCOC[O]. The Morgan fingerprint density at radius 2 is 1.62 bits per heavy atom. The molecule has 0 rings (SSSR count). The van der Waals surface area contributed by atoms with Crippen LogP contribution < -0.4 is 0 Å². The molecule has 0 heterocycles. The fourth-order valence-corrected chi connectivity index (χ4v) is 0.963. The number of unbranched alkanes of at least 4 members (excludes halogenated alkanes) is 2. The van der Waals surface area contributed by atoms with E-state index in [1.54, 1.807) is 0 Å². The zero-order chi connectivity index (χ0) is 9.94. The van der Waals surface area contributed by atoms with Crippen LogP contribution in [0, 0.1) is 5.92 Å². The van der Waals surface area contributed by atoms with Crippen molar-refractivity contribution in [3.8, 4) is 0 Å². The monoisotopic (exact) mass is 189 g/mol. The fraction of sp³-hybridized carbons (Fsp3) is 1.00. The summed E-state index contributed by atoms with van der Waals surface area (Å²) in [6.45, 7) is 6.13. The molecule has 0 aromatic heterocycles. The Bertz CT molecular complexity index is 94.2. The summed E-state index contributed by atoms with van der Waals surface area (Å²) in [5.74, 6) is 0.615. The first kappa shape index (κ1) is 12.9. The summed E-state index contributed by atoms with van der Waals surface area (Å²) in [7, 11) is 0. The third-order valence-corrected chi connectivity index (χ3v) is 1.61. The third kappa shape index (κ3) is 11.9. The Kier molecular flexibility index (Phi) is 9.87. The Morgan fingerprint density at radius 3 is 2.15 bits per heavy atom. The van der Waals surface area contributed by atoms with Gasteiger partial charge in [0, 0.05) is 19.8 Å². The van der Waals surface area contributed by atoms with Crippen molar-refractivity contribution in [1.82, 2.24) is 0 Å². The first-order chi connectivity index (χ1) is 6.27. The zero-order valence-electron chi connectivity index (χ0n) is 8.75. The van der Waals surface area contributed by atoms with E-state index in [1.807, 2.05) is 0 Å². The molecule has 13 heavy (non-hydrogen) atoms. The van der Waals surface area contributed by atoms with Crippen molar-refractivity contribution in [1.29, 1.82) is 0 Å². The summed E-state index contributed by atoms with van der Waals surface area (Å²) >= 11 is 0. The predicted molar refractivity (Wildman–Crippen MR) is 51.0 cm³/mol.